The van der Waals surface area contributed by atoms with Crippen LogP contribution >= 0.6 is 0 Å². The molecule has 0 amide bonds. The summed E-state index contributed by atoms with van der Waals surface area (Å²) in [5.41, 5.74) is 1.93. The number of nitrogens with zero attached hydrogens (tertiary/aromatic N) is 2. The van der Waals surface area contributed by atoms with Gasteiger partial charge in [-0.1, -0.05) is 12.1 Å². The number of rotatable bonds is 3. The molecule has 0 saturated heterocycles. The Balaban J connectivity index is 2.33. The number of methoxy groups -OCH3 is 1. The van der Waals surface area contributed by atoms with Crippen molar-refractivity contribution in [3.63, 3.8) is 0 Å². The molecule has 0 aliphatic rings. The zero-order valence-corrected chi connectivity index (χ0v) is 7.92. The van der Waals surface area contributed by atoms with Crippen molar-refractivity contribution < 1.29 is 9.84 Å². The minimum absolute atomic E-state index is 0.400. The minimum Gasteiger partial charge on any atom is -0.366 e. The molecule has 2 rings (SSSR count). The van der Waals surface area contributed by atoms with E-state index in [1.165, 1.54) is 7.11 Å². The quantitative estimate of drug-likeness (QED) is 0.738. The lowest BCUT2D eigenvalue weighted by Crippen LogP contribution is -2.16. The molecule has 4 nitrogen and oxygen atoms in total. The maximum atomic E-state index is 9.32. The highest BCUT2D eigenvalue weighted by Gasteiger charge is 2.05. The van der Waals surface area contributed by atoms with Gasteiger partial charge in [0.25, 0.3) is 0 Å². The van der Waals surface area contributed by atoms with Gasteiger partial charge < -0.3 is 14.4 Å². The Bertz CT molecular complexity index is 425. The fourth-order valence-electron chi connectivity index (χ4n) is 1.40. The third-order valence-corrected chi connectivity index (χ3v) is 2.15. The highest BCUT2D eigenvalue weighted by atomic mass is 16.6. The summed E-state index contributed by atoms with van der Waals surface area (Å²) in [6.45, 7) is 0.400. The van der Waals surface area contributed by atoms with Crippen LogP contribution in [0.3, 0.4) is 0 Å². The largest absolute Gasteiger partial charge is 0.366 e. The van der Waals surface area contributed by atoms with E-state index in [2.05, 4.69) is 4.98 Å². The summed E-state index contributed by atoms with van der Waals surface area (Å²) in [5.74, 6) is 0. The summed E-state index contributed by atoms with van der Waals surface area (Å²) in [7, 11) is 1.48. The zero-order valence-electron chi connectivity index (χ0n) is 7.92. The Hall–Kier alpha value is -1.39. The number of para-hydroxylation sites is 2. The lowest BCUT2D eigenvalue weighted by molar-refractivity contribution is -0.0828. The molecule has 0 aliphatic heterocycles. The molecule has 0 fully saturated rings. The Morgan fingerprint density at radius 2 is 2.29 bits per heavy atom. The fraction of sp³-hybridized carbons (Fsp3) is 0.300. The molecule has 2 aromatic rings. The number of aliphatic hydroxyl groups is 1. The molecule has 1 atom stereocenters. The predicted octanol–water partition coefficient (Wildman–Crippen LogP) is 1.00. The first-order chi connectivity index (χ1) is 6.81. The normalized spacial score (nSPS) is 13.3. The molecule has 74 valence electrons. The number of hydrogen-bond acceptors (Lipinski definition) is 3. The van der Waals surface area contributed by atoms with E-state index in [1.807, 2.05) is 28.8 Å². The molecule has 0 unspecified atom stereocenters. The second-order valence-corrected chi connectivity index (χ2v) is 3.08. The van der Waals surface area contributed by atoms with E-state index < -0.39 is 6.29 Å². The van der Waals surface area contributed by atoms with Gasteiger partial charge in [-0.05, 0) is 12.1 Å². The van der Waals surface area contributed by atoms with Crippen LogP contribution in [0.5, 0.6) is 0 Å². The standard InChI is InChI=1S/C10H12N2O2/c1-14-10(13)6-12-7-11-8-4-2-3-5-9(8)12/h2-5,7,10,13H,6H2,1H3/t10-/m1/s1. The van der Waals surface area contributed by atoms with Crippen LogP contribution in [0.15, 0.2) is 30.6 Å². The first-order valence-corrected chi connectivity index (χ1v) is 4.42. The summed E-state index contributed by atoms with van der Waals surface area (Å²) in [4.78, 5) is 4.20. The molecule has 1 heterocycles. The minimum atomic E-state index is -0.785. The number of benzene rings is 1. The van der Waals surface area contributed by atoms with Crippen molar-refractivity contribution in [2.75, 3.05) is 7.11 Å². The second kappa shape index (κ2) is 3.77. The van der Waals surface area contributed by atoms with Crippen LogP contribution in [0, 0.1) is 0 Å². The van der Waals surface area contributed by atoms with Gasteiger partial charge in [0.05, 0.1) is 23.9 Å². The molecule has 4 heteroatoms. The summed E-state index contributed by atoms with van der Waals surface area (Å²) < 4.78 is 6.64. The molecule has 0 aliphatic carbocycles. The first-order valence-electron chi connectivity index (χ1n) is 4.42. The topological polar surface area (TPSA) is 47.3 Å². The van der Waals surface area contributed by atoms with Gasteiger partial charge >= 0.3 is 0 Å². The van der Waals surface area contributed by atoms with Gasteiger partial charge in [-0.15, -0.1) is 0 Å². The summed E-state index contributed by atoms with van der Waals surface area (Å²) in [6, 6.07) is 7.78. The van der Waals surface area contributed by atoms with Crippen molar-refractivity contribution in [3.8, 4) is 0 Å². The predicted molar refractivity (Wildman–Crippen MR) is 52.7 cm³/mol. The molecule has 1 N–H and O–H groups in total. The first kappa shape index (κ1) is 9.18. The van der Waals surface area contributed by atoms with Crippen LogP contribution in [0.25, 0.3) is 11.0 Å². The number of imidazole rings is 1. The van der Waals surface area contributed by atoms with E-state index in [0.29, 0.717) is 6.54 Å². The van der Waals surface area contributed by atoms with Crippen molar-refractivity contribution >= 4 is 11.0 Å². The van der Waals surface area contributed by atoms with E-state index in [9.17, 15) is 5.11 Å². The van der Waals surface area contributed by atoms with E-state index in [1.54, 1.807) is 6.33 Å². The molecule has 1 aromatic heterocycles. The maximum Gasteiger partial charge on any atom is 0.172 e. The van der Waals surface area contributed by atoms with Gasteiger partial charge in [0, 0.05) is 7.11 Å². The van der Waals surface area contributed by atoms with Crippen LogP contribution in [0.4, 0.5) is 0 Å². The molecular formula is C10H12N2O2. The molecule has 1 aromatic carbocycles. The second-order valence-electron chi connectivity index (χ2n) is 3.08. The summed E-state index contributed by atoms with van der Waals surface area (Å²) in [6.07, 6.45) is 0.917. The smallest absolute Gasteiger partial charge is 0.172 e. The van der Waals surface area contributed by atoms with Gasteiger partial charge in [0.15, 0.2) is 6.29 Å². The van der Waals surface area contributed by atoms with Crippen molar-refractivity contribution in [1.82, 2.24) is 9.55 Å². The van der Waals surface area contributed by atoms with Gasteiger partial charge in [-0.2, -0.15) is 0 Å². The van der Waals surface area contributed by atoms with E-state index in [0.717, 1.165) is 11.0 Å². The van der Waals surface area contributed by atoms with Crippen LogP contribution in [-0.2, 0) is 11.3 Å². The van der Waals surface area contributed by atoms with E-state index in [4.69, 9.17) is 4.74 Å². The Kier molecular flexibility index (Phi) is 2.47. The van der Waals surface area contributed by atoms with Crippen molar-refractivity contribution in [2.24, 2.45) is 0 Å². The molecule has 0 saturated carbocycles. The van der Waals surface area contributed by atoms with Crippen LogP contribution in [0.1, 0.15) is 0 Å². The van der Waals surface area contributed by atoms with Crippen LogP contribution < -0.4 is 0 Å². The van der Waals surface area contributed by atoms with Gasteiger partial charge in [0.2, 0.25) is 0 Å². The van der Waals surface area contributed by atoms with Gasteiger partial charge in [-0.25, -0.2) is 4.98 Å². The Morgan fingerprint density at radius 1 is 1.50 bits per heavy atom. The zero-order chi connectivity index (χ0) is 9.97. The van der Waals surface area contributed by atoms with Crippen molar-refractivity contribution in [2.45, 2.75) is 12.8 Å². The van der Waals surface area contributed by atoms with Gasteiger partial charge in [0.1, 0.15) is 0 Å². The number of fused-ring (bicyclic) bond motifs is 1. The highest BCUT2D eigenvalue weighted by molar-refractivity contribution is 5.74. The number of hydrogen-bond donors (Lipinski definition) is 1. The van der Waals surface area contributed by atoms with Crippen molar-refractivity contribution in [1.29, 1.82) is 0 Å². The van der Waals surface area contributed by atoms with Gasteiger partial charge in [-0.3, -0.25) is 0 Å². The average Bonchev–Trinajstić information content (AvgIpc) is 2.62. The van der Waals surface area contributed by atoms with Crippen molar-refractivity contribution in [3.05, 3.63) is 30.6 Å². The Morgan fingerprint density at radius 3 is 3.07 bits per heavy atom. The molecule has 0 spiro atoms. The summed E-state index contributed by atoms with van der Waals surface area (Å²) in [5, 5.41) is 9.32. The lowest BCUT2D eigenvalue weighted by atomic mass is 10.3. The SMILES string of the molecule is CO[C@@H](O)Cn1cnc2ccccc21. The van der Waals surface area contributed by atoms with E-state index >= 15 is 0 Å². The maximum absolute atomic E-state index is 9.32. The fourth-order valence-corrected chi connectivity index (χ4v) is 1.40. The Labute approximate surface area is 81.8 Å². The number of ether oxygens (including phenoxy) is 1. The number of aromatic nitrogens is 2. The third kappa shape index (κ3) is 1.62. The molecule has 14 heavy (non-hydrogen) atoms. The van der Waals surface area contributed by atoms with E-state index in [-0.39, 0.29) is 0 Å². The lowest BCUT2D eigenvalue weighted by Gasteiger charge is -2.09. The number of aliphatic hydroxyl groups excluding tert-OH is 1. The monoisotopic (exact) mass is 192 g/mol. The average molecular weight is 192 g/mol. The highest BCUT2D eigenvalue weighted by Crippen LogP contribution is 2.12. The third-order valence-electron chi connectivity index (χ3n) is 2.15. The molecular weight excluding hydrogens is 180 g/mol. The molecule has 0 radical (unpaired) electrons. The molecule has 0 bridgehead atoms. The summed E-state index contributed by atoms with van der Waals surface area (Å²) >= 11 is 0. The van der Waals surface area contributed by atoms with Crippen LogP contribution in [-0.4, -0.2) is 28.1 Å². The van der Waals surface area contributed by atoms with Crippen LogP contribution in [0.2, 0.25) is 0 Å².